The Labute approximate surface area is 250 Å². The smallest absolute Gasteiger partial charge is 0.235 e. The number of aliphatic hydroxyl groups is 1. The van der Waals surface area contributed by atoms with Crippen molar-refractivity contribution in [3.63, 3.8) is 0 Å². The number of phenols is 1. The first kappa shape index (κ1) is 30.5. The molecule has 43 heavy (non-hydrogen) atoms. The van der Waals surface area contributed by atoms with Crippen LogP contribution in [0.4, 0.5) is 5.69 Å². The van der Waals surface area contributed by atoms with Crippen LogP contribution >= 0.6 is 0 Å². The number of hydrogen-bond donors (Lipinski definition) is 4. The molecule has 0 bridgehead atoms. The number of nitrogens with zero attached hydrogens (tertiary/aromatic N) is 2. The van der Waals surface area contributed by atoms with Crippen LogP contribution in [0, 0.1) is 30.6 Å². The number of carbonyl (C=O) groups excluding carboxylic acids is 5. The Morgan fingerprint density at radius 1 is 1.05 bits per heavy atom. The number of carbonyl (C=O) groups is 5. The molecular weight excluding hydrogens is 552 g/mol. The van der Waals surface area contributed by atoms with Gasteiger partial charge in [0.25, 0.3) is 0 Å². The Balaban J connectivity index is 1.55. The highest BCUT2D eigenvalue weighted by molar-refractivity contribution is 6.32. The average Bonchev–Trinajstić information content (AvgIpc) is 2.92. The minimum absolute atomic E-state index is 0.00881. The monoisotopic (exact) mass is 590 g/mol. The lowest BCUT2D eigenvalue weighted by Gasteiger charge is -2.52. The number of aryl methyl sites for hydroxylation is 1. The summed E-state index contributed by atoms with van der Waals surface area (Å²) in [6, 6.07) is 8.59. The number of nitrogens with two attached hydrogens (primary N) is 1. The molecule has 0 heterocycles. The third-order valence-corrected chi connectivity index (χ3v) is 9.49. The van der Waals surface area contributed by atoms with E-state index in [0.29, 0.717) is 23.4 Å². The number of phenolic OH excluding ortho intramolecular Hbond substituents is 1. The van der Waals surface area contributed by atoms with Gasteiger partial charge in [0.2, 0.25) is 5.91 Å². The molecular formula is C32H38N4O7. The average molecular weight is 591 g/mol. The van der Waals surface area contributed by atoms with E-state index in [1.165, 1.54) is 4.90 Å². The molecule has 0 saturated heterocycles. The Bertz CT molecular complexity index is 1550. The van der Waals surface area contributed by atoms with Crippen molar-refractivity contribution in [1.82, 2.24) is 10.2 Å². The second-order valence-corrected chi connectivity index (χ2v) is 12.5. The third-order valence-electron chi connectivity index (χ3n) is 9.49. The summed E-state index contributed by atoms with van der Waals surface area (Å²) in [5.41, 5.74) is 6.57. The van der Waals surface area contributed by atoms with E-state index < -0.39 is 64.4 Å². The van der Waals surface area contributed by atoms with Gasteiger partial charge in [-0.15, -0.1) is 0 Å². The maximum atomic E-state index is 14.2. The van der Waals surface area contributed by atoms with E-state index in [0.717, 1.165) is 11.1 Å². The first-order chi connectivity index (χ1) is 20.2. The van der Waals surface area contributed by atoms with Crippen molar-refractivity contribution < 1.29 is 34.2 Å². The fraction of sp³-hybridized carbons (Fsp3) is 0.469. The van der Waals surface area contributed by atoms with Crippen LogP contribution in [-0.2, 0) is 38.7 Å². The number of rotatable bonds is 7. The Morgan fingerprint density at radius 2 is 1.70 bits per heavy atom. The van der Waals surface area contributed by atoms with Gasteiger partial charge >= 0.3 is 0 Å². The van der Waals surface area contributed by atoms with E-state index in [1.807, 2.05) is 56.3 Å². The van der Waals surface area contributed by atoms with Gasteiger partial charge < -0.3 is 26.2 Å². The molecule has 2 fully saturated rings. The van der Waals surface area contributed by atoms with Gasteiger partial charge in [-0.25, -0.2) is 0 Å². The highest BCUT2D eigenvalue weighted by Gasteiger charge is 2.69. The predicted octanol–water partition coefficient (Wildman–Crippen LogP) is 0.531. The van der Waals surface area contributed by atoms with E-state index in [4.69, 9.17) is 5.73 Å². The molecule has 3 unspecified atom stereocenters. The topological polar surface area (TPSA) is 170 Å². The Morgan fingerprint density at radius 3 is 2.30 bits per heavy atom. The lowest BCUT2D eigenvalue weighted by Crippen LogP contribution is -2.74. The number of likely N-dealkylation sites (N-methyl/N-ethyl adjacent to an activating group) is 1. The van der Waals surface area contributed by atoms with E-state index in [-0.39, 0.29) is 30.7 Å². The summed E-state index contributed by atoms with van der Waals surface area (Å²) < 4.78 is 0. The van der Waals surface area contributed by atoms with Crippen LogP contribution in [0.1, 0.15) is 39.0 Å². The van der Waals surface area contributed by atoms with Crippen molar-refractivity contribution in [1.29, 1.82) is 0 Å². The predicted molar refractivity (Wildman–Crippen MR) is 157 cm³/mol. The summed E-state index contributed by atoms with van der Waals surface area (Å²) in [4.78, 5) is 70.5. The zero-order valence-electron chi connectivity index (χ0n) is 25.0. The molecule has 1 amide bonds. The van der Waals surface area contributed by atoms with Crippen molar-refractivity contribution in [3.8, 4) is 5.75 Å². The van der Waals surface area contributed by atoms with Crippen LogP contribution in [0.25, 0.3) is 0 Å². The molecule has 0 aromatic heterocycles. The fourth-order valence-electron chi connectivity index (χ4n) is 7.38. The van der Waals surface area contributed by atoms with Gasteiger partial charge in [-0.3, -0.25) is 28.9 Å². The van der Waals surface area contributed by atoms with Gasteiger partial charge in [0.05, 0.1) is 17.5 Å². The van der Waals surface area contributed by atoms with E-state index >= 15 is 0 Å². The molecule has 3 aliphatic carbocycles. The number of ketones is 4. The van der Waals surface area contributed by atoms with Crippen LogP contribution < -0.4 is 16.0 Å². The van der Waals surface area contributed by atoms with Gasteiger partial charge in [0, 0.05) is 44.4 Å². The summed E-state index contributed by atoms with van der Waals surface area (Å²) in [5.74, 6) is -10.5. The number of amides is 1. The Kier molecular flexibility index (Phi) is 7.78. The minimum Gasteiger partial charge on any atom is -0.507 e. The quantitative estimate of drug-likeness (QED) is 0.334. The zero-order chi connectivity index (χ0) is 31.5. The molecule has 0 aliphatic heterocycles. The summed E-state index contributed by atoms with van der Waals surface area (Å²) in [6.07, 6.45) is 0.223. The molecule has 2 aromatic carbocycles. The summed E-state index contributed by atoms with van der Waals surface area (Å²) in [7, 11) is 6.77. The van der Waals surface area contributed by atoms with Crippen LogP contribution in [0.3, 0.4) is 0 Å². The third kappa shape index (κ3) is 4.66. The first-order valence-electron chi connectivity index (χ1n) is 14.4. The van der Waals surface area contributed by atoms with Gasteiger partial charge in [-0.05, 0) is 62.5 Å². The Hall–Kier alpha value is -3.93. The summed E-state index contributed by atoms with van der Waals surface area (Å²) in [6.45, 7) is 2.77. The molecule has 5 N–H and O–H groups in total. The lowest BCUT2D eigenvalue weighted by molar-refractivity contribution is -0.181. The normalized spacial score (nSPS) is 28.4. The van der Waals surface area contributed by atoms with Crippen LogP contribution in [-0.4, -0.2) is 84.0 Å². The zero-order valence-corrected chi connectivity index (χ0v) is 25.0. The minimum atomic E-state index is -2.75. The molecule has 0 spiro atoms. The molecule has 228 valence electrons. The van der Waals surface area contributed by atoms with E-state index in [2.05, 4.69) is 5.32 Å². The molecule has 5 rings (SSSR count). The van der Waals surface area contributed by atoms with Crippen molar-refractivity contribution in [2.45, 2.75) is 44.5 Å². The number of fused-ring (bicyclic) bond motifs is 3. The van der Waals surface area contributed by atoms with Gasteiger partial charge in [-0.2, -0.15) is 0 Å². The molecule has 2 saturated carbocycles. The largest absolute Gasteiger partial charge is 0.507 e. The van der Waals surface area contributed by atoms with E-state index in [1.54, 1.807) is 14.1 Å². The van der Waals surface area contributed by atoms with Crippen LogP contribution in [0.15, 0.2) is 30.3 Å². The second-order valence-electron chi connectivity index (χ2n) is 12.5. The highest BCUT2D eigenvalue weighted by Crippen LogP contribution is 2.52. The van der Waals surface area contributed by atoms with Crippen molar-refractivity contribution >= 4 is 34.7 Å². The van der Waals surface area contributed by atoms with Gasteiger partial charge in [0.1, 0.15) is 5.75 Å². The van der Waals surface area contributed by atoms with Crippen molar-refractivity contribution in [2.24, 2.45) is 29.4 Å². The number of benzene rings is 2. The molecule has 11 nitrogen and oxygen atoms in total. The number of hydrogen-bond acceptors (Lipinski definition) is 10. The standard InChI is InChI=1S/C32H38N4O7/c1-15-8-6-7-9-16(15)13-34-14-18-12-21(35(2)3)19-10-17-11-20-25(36(4)5)28(39)24(31(33)42)30(41)32(20,43)29(40)22(17)27(38)23(19)26(18)37/h6-9,12,17,20,22,24-25,34,37,43H,10-11,13-14H2,1-5H3,(H2,33,42)/t17-,20-,22?,24?,25?,32-/m1/s1. The number of Topliss-reactive ketones (excluding diaryl/α,β-unsaturated/α-hetero) is 4. The summed E-state index contributed by atoms with van der Waals surface area (Å²) >= 11 is 0. The van der Waals surface area contributed by atoms with Crippen LogP contribution in [0.2, 0.25) is 0 Å². The number of nitrogens with one attached hydrogen (secondary N) is 1. The van der Waals surface area contributed by atoms with E-state index in [9.17, 15) is 34.2 Å². The van der Waals surface area contributed by atoms with Crippen molar-refractivity contribution in [2.75, 3.05) is 33.1 Å². The van der Waals surface area contributed by atoms with Crippen molar-refractivity contribution in [3.05, 3.63) is 58.1 Å². The fourth-order valence-corrected chi connectivity index (χ4v) is 7.38. The molecule has 0 radical (unpaired) electrons. The maximum absolute atomic E-state index is 14.2. The van der Waals surface area contributed by atoms with Gasteiger partial charge in [-0.1, -0.05) is 24.3 Å². The molecule has 6 atom stereocenters. The number of aromatic hydroxyl groups is 1. The number of primary amides is 1. The summed E-state index contributed by atoms with van der Waals surface area (Å²) in [5, 5.41) is 26.5. The SMILES string of the molecule is Cc1ccccc1CNCc1cc(N(C)C)c2c(c1O)C(=O)C1C(=O)[C@@]3(O)C(=O)C(C(N)=O)C(=O)C(N(C)C)[C@H]3C[C@H]1C2. The lowest BCUT2D eigenvalue weighted by atomic mass is 9.52. The molecule has 11 heteroatoms. The molecule has 2 aromatic rings. The molecule has 3 aliphatic rings. The first-order valence-corrected chi connectivity index (χ1v) is 14.4. The second kappa shape index (κ2) is 11.0. The van der Waals surface area contributed by atoms with Gasteiger partial charge in [0.15, 0.2) is 34.7 Å². The highest BCUT2D eigenvalue weighted by atomic mass is 16.3. The van der Waals surface area contributed by atoms with Crippen LogP contribution in [0.5, 0.6) is 5.75 Å². The number of anilines is 1. The maximum Gasteiger partial charge on any atom is 0.235 e.